The van der Waals surface area contributed by atoms with Crippen LogP contribution in [0.3, 0.4) is 0 Å². The molecule has 2 heterocycles. The summed E-state index contributed by atoms with van der Waals surface area (Å²) in [6, 6.07) is 5.36. The van der Waals surface area contributed by atoms with E-state index < -0.39 is 0 Å². The molecule has 2 N–H and O–H groups in total. The van der Waals surface area contributed by atoms with Crippen LogP contribution < -0.4 is 5.32 Å². The number of aliphatic hydroxyl groups excluding tert-OH is 1. The molecule has 0 radical (unpaired) electrons. The van der Waals surface area contributed by atoms with Crippen LogP contribution in [0, 0.1) is 19.8 Å². The van der Waals surface area contributed by atoms with Gasteiger partial charge in [0.1, 0.15) is 6.54 Å². The molecule has 0 spiro atoms. The summed E-state index contributed by atoms with van der Waals surface area (Å²) in [6.45, 7) is 5.10. The van der Waals surface area contributed by atoms with E-state index in [4.69, 9.17) is 0 Å². The maximum atomic E-state index is 12.6. The van der Waals surface area contributed by atoms with Crippen molar-refractivity contribution in [2.45, 2.75) is 52.3 Å². The summed E-state index contributed by atoms with van der Waals surface area (Å²) in [5.41, 5.74) is 2.68. The van der Waals surface area contributed by atoms with Crippen LogP contribution in [0.1, 0.15) is 53.2 Å². The zero-order valence-electron chi connectivity index (χ0n) is 15.3. The Morgan fingerprint density at radius 1 is 1.35 bits per heavy atom. The Kier molecular flexibility index (Phi) is 5.18. The summed E-state index contributed by atoms with van der Waals surface area (Å²) >= 11 is 0. The first-order valence-corrected chi connectivity index (χ1v) is 8.80. The van der Waals surface area contributed by atoms with Gasteiger partial charge in [0.15, 0.2) is 5.78 Å². The van der Waals surface area contributed by atoms with Gasteiger partial charge in [-0.3, -0.25) is 19.3 Å². The molecule has 3 rings (SSSR count). The van der Waals surface area contributed by atoms with Crippen molar-refractivity contribution in [1.82, 2.24) is 20.1 Å². The second-order valence-electron chi connectivity index (χ2n) is 6.94. The van der Waals surface area contributed by atoms with Crippen LogP contribution in [0.4, 0.5) is 0 Å². The molecule has 7 heteroatoms. The second kappa shape index (κ2) is 7.37. The summed E-state index contributed by atoms with van der Waals surface area (Å²) in [5.74, 6) is -0.0821. The largest absolute Gasteiger partial charge is 0.393 e. The van der Waals surface area contributed by atoms with E-state index in [-0.39, 0.29) is 36.3 Å². The smallest absolute Gasteiger partial charge is 0.242 e. The van der Waals surface area contributed by atoms with Gasteiger partial charge in [0.05, 0.1) is 29.1 Å². The van der Waals surface area contributed by atoms with E-state index in [2.05, 4.69) is 15.4 Å². The van der Waals surface area contributed by atoms with E-state index in [0.717, 1.165) is 5.69 Å². The Morgan fingerprint density at radius 3 is 2.62 bits per heavy atom. The summed E-state index contributed by atoms with van der Waals surface area (Å²) in [4.78, 5) is 28.7. The number of amides is 1. The Balaban J connectivity index is 1.75. The number of aliphatic hydroxyl groups is 1. The highest BCUT2D eigenvalue weighted by molar-refractivity contribution is 5.96. The number of aromatic nitrogens is 3. The van der Waals surface area contributed by atoms with E-state index in [1.54, 1.807) is 24.7 Å². The summed E-state index contributed by atoms with van der Waals surface area (Å²) in [6.07, 6.45) is 2.69. The number of ketones is 1. The van der Waals surface area contributed by atoms with Crippen LogP contribution in [-0.4, -0.2) is 37.7 Å². The fourth-order valence-corrected chi connectivity index (χ4v) is 3.61. The van der Waals surface area contributed by atoms with E-state index >= 15 is 0 Å². The van der Waals surface area contributed by atoms with Gasteiger partial charge in [-0.15, -0.1) is 0 Å². The van der Waals surface area contributed by atoms with Crippen molar-refractivity contribution in [3.8, 4) is 0 Å². The molecule has 0 unspecified atom stereocenters. The van der Waals surface area contributed by atoms with Gasteiger partial charge in [0.25, 0.3) is 0 Å². The monoisotopic (exact) mass is 356 g/mol. The molecule has 1 aliphatic carbocycles. The average molecular weight is 356 g/mol. The predicted molar refractivity (Wildman–Crippen MR) is 95.6 cm³/mol. The first-order valence-electron chi connectivity index (χ1n) is 8.80. The van der Waals surface area contributed by atoms with Crippen molar-refractivity contribution in [1.29, 1.82) is 0 Å². The van der Waals surface area contributed by atoms with Gasteiger partial charge in [-0.1, -0.05) is 6.07 Å². The lowest BCUT2D eigenvalue weighted by molar-refractivity contribution is -0.123. The molecule has 0 aromatic carbocycles. The van der Waals surface area contributed by atoms with Gasteiger partial charge >= 0.3 is 0 Å². The highest BCUT2D eigenvalue weighted by Gasteiger charge is 2.36. The standard InChI is InChI=1S/C19H24N4O3/c1-11-18(13(3)24)12(2)23(22-11)10-17(26)21-19(14-8-15(25)9-14)16-6-4-5-7-20-16/h4-7,14-15,19,25H,8-10H2,1-3H3,(H,21,26)/t14?,15?,19-/m1/s1. The van der Waals surface area contributed by atoms with Crippen LogP contribution in [0.15, 0.2) is 24.4 Å². The predicted octanol–water partition coefficient (Wildman–Crippen LogP) is 1.73. The zero-order chi connectivity index (χ0) is 18.8. The fraction of sp³-hybridized carbons (Fsp3) is 0.474. The van der Waals surface area contributed by atoms with Crippen molar-refractivity contribution >= 4 is 11.7 Å². The lowest BCUT2D eigenvalue weighted by Crippen LogP contribution is -2.42. The van der Waals surface area contributed by atoms with Crippen LogP contribution in [0.25, 0.3) is 0 Å². The van der Waals surface area contributed by atoms with Crippen molar-refractivity contribution in [2.24, 2.45) is 5.92 Å². The molecule has 1 saturated carbocycles. The number of rotatable bonds is 6. The third-order valence-corrected chi connectivity index (χ3v) is 4.97. The first-order chi connectivity index (χ1) is 12.4. The minimum atomic E-state index is -0.308. The van der Waals surface area contributed by atoms with Crippen molar-refractivity contribution in [3.05, 3.63) is 47.0 Å². The average Bonchev–Trinajstić information content (AvgIpc) is 2.84. The number of carbonyl (C=O) groups is 2. The quantitative estimate of drug-likeness (QED) is 0.768. The number of nitrogens with zero attached hydrogens (tertiary/aromatic N) is 3. The molecule has 7 nitrogen and oxygen atoms in total. The molecule has 26 heavy (non-hydrogen) atoms. The molecule has 1 atom stereocenters. The maximum Gasteiger partial charge on any atom is 0.242 e. The molecular formula is C19H24N4O3. The molecule has 2 aromatic heterocycles. The minimum Gasteiger partial charge on any atom is -0.393 e. The zero-order valence-corrected chi connectivity index (χ0v) is 15.3. The number of hydrogen-bond donors (Lipinski definition) is 2. The minimum absolute atomic E-state index is 0.0402. The SMILES string of the molecule is CC(=O)c1c(C)nn(CC(=O)N[C@@H](c2ccccn2)C2CC(O)C2)c1C. The Morgan fingerprint density at radius 2 is 2.08 bits per heavy atom. The van der Waals surface area contributed by atoms with Gasteiger partial charge in [0, 0.05) is 11.9 Å². The topological polar surface area (TPSA) is 97.1 Å². The van der Waals surface area contributed by atoms with Crippen LogP contribution >= 0.6 is 0 Å². The van der Waals surface area contributed by atoms with Crippen molar-refractivity contribution in [3.63, 3.8) is 0 Å². The first kappa shape index (κ1) is 18.3. The fourth-order valence-electron chi connectivity index (χ4n) is 3.61. The third-order valence-electron chi connectivity index (χ3n) is 4.97. The number of aryl methyl sites for hydroxylation is 1. The molecule has 1 fully saturated rings. The number of Topliss-reactive ketones (excluding diaryl/α,β-unsaturated/α-hetero) is 1. The van der Waals surface area contributed by atoms with Crippen molar-refractivity contribution in [2.75, 3.05) is 0 Å². The normalized spacial score (nSPS) is 20.3. The van der Waals surface area contributed by atoms with Gasteiger partial charge in [-0.05, 0) is 51.7 Å². The van der Waals surface area contributed by atoms with Gasteiger partial charge < -0.3 is 10.4 Å². The van der Waals surface area contributed by atoms with Gasteiger partial charge in [-0.2, -0.15) is 5.10 Å². The molecular weight excluding hydrogens is 332 g/mol. The lowest BCUT2D eigenvalue weighted by Gasteiger charge is -2.37. The van der Waals surface area contributed by atoms with Gasteiger partial charge in [0.2, 0.25) is 5.91 Å². The van der Waals surface area contributed by atoms with E-state index in [1.807, 2.05) is 18.2 Å². The van der Waals surface area contributed by atoms with E-state index in [9.17, 15) is 14.7 Å². The third kappa shape index (κ3) is 3.67. The molecule has 138 valence electrons. The molecule has 0 bridgehead atoms. The Labute approximate surface area is 152 Å². The lowest BCUT2D eigenvalue weighted by atomic mass is 9.76. The molecule has 0 aliphatic heterocycles. The number of pyridine rings is 1. The summed E-state index contributed by atoms with van der Waals surface area (Å²) in [5, 5.41) is 17.0. The van der Waals surface area contributed by atoms with E-state index in [1.165, 1.54) is 6.92 Å². The molecule has 2 aromatic rings. The molecule has 0 saturated heterocycles. The maximum absolute atomic E-state index is 12.6. The Hall–Kier alpha value is -2.54. The number of nitrogens with one attached hydrogen (secondary N) is 1. The highest BCUT2D eigenvalue weighted by atomic mass is 16.3. The van der Waals surface area contributed by atoms with Crippen LogP contribution in [0.5, 0.6) is 0 Å². The number of hydrogen-bond acceptors (Lipinski definition) is 5. The summed E-state index contributed by atoms with van der Waals surface area (Å²) < 4.78 is 1.56. The second-order valence-corrected chi connectivity index (χ2v) is 6.94. The van der Waals surface area contributed by atoms with Crippen LogP contribution in [-0.2, 0) is 11.3 Å². The molecule has 1 amide bonds. The summed E-state index contributed by atoms with van der Waals surface area (Å²) in [7, 11) is 0. The van der Waals surface area contributed by atoms with Crippen molar-refractivity contribution < 1.29 is 14.7 Å². The Bertz CT molecular complexity index is 810. The van der Waals surface area contributed by atoms with Crippen LogP contribution in [0.2, 0.25) is 0 Å². The van der Waals surface area contributed by atoms with Gasteiger partial charge in [-0.25, -0.2) is 0 Å². The highest BCUT2D eigenvalue weighted by Crippen LogP contribution is 2.37. The molecule has 1 aliphatic rings. The number of carbonyl (C=O) groups excluding carboxylic acids is 2. The van der Waals surface area contributed by atoms with E-state index in [0.29, 0.717) is 29.8 Å².